The number of hydrogen-bond donors (Lipinski definition) is 1. The highest BCUT2D eigenvalue weighted by Crippen LogP contribution is 2.45. The number of methoxy groups -OCH3 is 2. The van der Waals surface area contributed by atoms with E-state index < -0.39 is 38.8 Å². The molecule has 2 aliphatic carbocycles. The SMILES string of the molecule is COC(=O)c1ccc(C2(NC(=O)[C@@H](OC(=O)[C@H](OC)c3ccccc3)[SiH2]C3CCC3)CC2)cc1. The van der Waals surface area contributed by atoms with Crippen LogP contribution < -0.4 is 5.32 Å². The molecule has 7 nitrogen and oxygen atoms in total. The minimum Gasteiger partial charge on any atom is -0.465 e. The Morgan fingerprint density at radius 3 is 2.21 bits per heavy atom. The minimum atomic E-state index is -0.987. The Morgan fingerprint density at radius 2 is 1.68 bits per heavy atom. The quantitative estimate of drug-likeness (QED) is 0.414. The second-order valence-corrected chi connectivity index (χ2v) is 11.5. The summed E-state index contributed by atoms with van der Waals surface area (Å²) in [7, 11) is 1.83. The molecule has 4 rings (SSSR count). The van der Waals surface area contributed by atoms with Crippen molar-refractivity contribution in [1.29, 1.82) is 0 Å². The van der Waals surface area contributed by atoms with E-state index in [0.29, 0.717) is 16.7 Å². The van der Waals surface area contributed by atoms with Crippen LogP contribution in [0.2, 0.25) is 5.54 Å². The minimum absolute atomic E-state index is 0.232. The molecule has 1 amide bonds. The van der Waals surface area contributed by atoms with Gasteiger partial charge < -0.3 is 19.5 Å². The Labute approximate surface area is 202 Å². The summed E-state index contributed by atoms with van der Waals surface area (Å²) in [4.78, 5) is 38.1. The summed E-state index contributed by atoms with van der Waals surface area (Å²) in [5, 5.41) is 3.16. The van der Waals surface area contributed by atoms with Crippen molar-refractivity contribution in [3.8, 4) is 0 Å². The summed E-state index contributed by atoms with van der Waals surface area (Å²) < 4.78 is 16.0. The van der Waals surface area contributed by atoms with Crippen molar-refractivity contribution >= 4 is 27.4 Å². The number of rotatable bonds is 10. The van der Waals surface area contributed by atoms with Gasteiger partial charge in [0, 0.05) is 7.11 Å². The lowest BCUT2D eigenvalue weighted by molar-refractivity contribution is -0.162. The van der Waals surface area contributed by atoms with Crippen LogP contribution in [0, 0.1) is 0 Å². The van der Waals surface area contributed by atoms with Gasteiger partial charge in [0.25, 0.3) is 5.91 Å². The molecule has 0 spiro atoms. The molecule has 0 aromatic heterocycles. The third-order valence-corrected chi connectivity index (χ3v) is 9.29. The fraction of sp³-hybridized carbons (Fsp3) is 0.423. The molecule has 180 valence electrons. The molecular weight excluding hydrogens is 450 g/mol. The van der Waals surface area contributed by atoms with E-state index in [-0.39, 0.29) is 5.91 Å². The molecule has 0 unspecified atom stereocenters. The van der Waals surface area contributed by atoms with Crippen LogP contribution in [0.25, 0.3) is 0 Å². The number of carbonyl (C=O) groups is 3. The lowest BCUT2D eigenvalue weighted by Crippen LogP contribution is -2.48. The van der Waals surface area contributed by atoms with Crippen LogP contribution in [0.1, 0.15) is 59.7 Å². The average molecular weight is 482 g/mol. The van der Waals surface area contributed by atoms with Gasteiger partial charge in [-0.3, -0.25) is 4.79 Å². The summed E-state index contributed by atoms with van der Waals surface area (Å²) >= 11 is 0. The molecular formula is C26H31NO6Si. The first-order valence-electron chi connectivity index (χ1n) is 11.7. The van der Waals surface area contributed by atoms with Crippen molar-refractivity contribution in [2.45, 2.75) is 55.0 Å². The number of carbonyl (C=O) groups excluding carboxylic acids is 3. The Kier molecular flexibility index (Phi) is 7.48. The fourth-order valence-corrected chi connectivity index (χ4v) is 6.64. The molecule has 8 heteroatoms. The van der Waals surface area contributed by atoms with Crippen molar-refractivity contribution in [2.75, 3.05) is 14.2 Å². The molecule has 0 radical (unpaired) electrons. The van der Waals surface area contributed by atoms with Gasteiger partial charge in [-0.1, -0.05) is 61.7 Å². The monoisotopic (exact) mass is 481 g/mol. The molecule has 2 atom stereocenters. The van der Waals surface area contributed by atoms with Gasteiger partial charge in [0.15, 0.2) is 11.8 Å². The van der Waals surface area contributed by atoms with Gasteiger partial charge in [-0.2, -0.15) is 0 Å². The Balaban J connectivity index is 1.47. The largest absolute Gasteiger partial charge is 0.465 e. The molecule has 0 saturated heterocycles. The topological polar surface area (TPSA) is 90.9 Å². The summed E-state index contributed by atoms with van der Waals surface area (Å²) in [5.74, 6) is -1.16. The molecule has 0 heterocycles. The van der Waals surface area contributed by atoms with Crippen molar-refractivity contribution in [3.05, 3.63) is 71.3 Å². The summed E-state index contributed by atoms with van der Waals surface area (Å²) in [6, 6.07) is 16.3. The Morgan fingerprint density at radius 1 is 1.00 bits per heavy atom. The first-order chi connectivity index (χ1) is 16.5. The van der Waals surface area contributed by atoms with Crippen molar-refractivity contribution in [1.82, 2.24) is 5.32 Å². The second kappa shape index (κ2) is 10.5. The molecule has 2 aromatic carbocycles. The maximum Gasteiger partial charge on any atom is 0.340 e. The zero-order valence-corrected chi connectivity index (χ0v) is 21.0. The maximum atomic E-state index is 13.4. The summed E-state index contributed by atoms with van der Waals surface area (Å²) in [5.41, 5.74) is 1.38. The zero-order valence-electron chi connectivity index (χ0n) is 19.6. The summed E-state index contributed by atoms with van der Waals surface area (Å²) in [6.07, 6.45) is 4.09. The van der Waals surface area contributed by atoms with Crippen molar-refractivity contribution in [2.24, 2.45) is 0 Å². The molecule has 0 aliphatic heterocycles. The number of hydrogen-bond acceptors (Lipinski definition) is 6. The average Bonchev–Trinajstić information content (AvgIpc) is 3.61. The van der Waals surface area contributed by atoms with Gasteiger partial charge >= 0.3 is 11.9 Å². The third-order valence-electron chi connectivity index (χ3n) is 6.85. The van der Waals surface area contributed by atoms with Crippen molar-refractivity contribution in [3.63, 3.8) is 0 Å². The van der Waals surface area contributed by atoms with Gasteiger partial charge in [0.2, 0.25) is 0 Å². The molecule has 2 fully saturated rings. The standard InChI is InChI=1S/C26H31NO6Si/c1-31-21(17-7-4-3-5-8-17)24(30)33-25(34-20-9-6-10-20)22(28)27-26(15-16-26)19-13-11-18(12-14-19)23(29)32-2/h3-5,7-8,11-14,20-21,25H,6,9-10,15-16,34H2,1-2H3,(H,27,28)/t21-,25+/m1/s1. The second-order valence-electron chi connectivity index (χ2n) is 9.12. The first-order valence-corrected chi connectivity index (χ1v) is 13.4. The smallest absolute Gasteiger partial charge is 0.340 e. The van der Waals surface area contributed by atoms with E-state index in [0.717, 1.165) is 31.2 Å². The van der Waals surface area contributed by atoms with Crippen LogP contribution in [0.3, 0.4) is 0 Å². The van der Waals surface area contributed by atoms with Crippen molar-refractivity contribution < 1.29 is 28.6 Å². The predicted octanol–water partition coefficient (Wildman–Crippen LogP) is 2.98. The third kappa shape index (κ3) is 5.39. The number of nitrogens with one attached hydrogen (secondary N) is 1. The van der Waals surface area contributed by atoms with Gasteiger partial charge in [-0.15, -0.1) is 0 Å². The number of esters is 2. The van der Waals surface area contributed by atoms with E-state index in [4.69, 9.17) is 14.2 Å². The highest BCUT2D eigenvalue weighted by Gasteiger charge is 2.47. The Bertz CT molecular complexity index is 1020. The van der Waals surface area contributed by atoms with Crippen LogP contribution in [-0.4, -0.2) is 47.3 Å². The molecule has 2 aromatic rings. The lowest BCUT2D eigenvalue weighted by atomic mass is 10.00. The zero-order chi connectivity index (χ0) is 24.1. The summed E-state index contributed by atoms with van der Waals surface area (Å²) in [6.45, 7) is 0. The highest BCUT2D eigenvalue weighted by atomic mass is 28.2. The number of benzene rings is 2. The van der Waals surface area contributed by atoms with E-state index >= 15 is 0 Å². The van der Waals surface area contributed by atoms with Crippen LogP contribution in [0.15, 0.2) is 54.6 Å². The molecule has 2 saturated carbocycles. The number of ether oxygens (including phenoxy) is 3. The highest BCUT2D eigenvalue weighted by molar-refractivity contribution is 6.46. The molecule has 2 aliphatic rings. The normalized spacial score (nSPS) is 18.5. The van der Waals surface area contributed by atoms with Crippen LogP contribution in [-0.2, 0) is 29.3 Å². The van der Waals surface area contributed by atoms with E-state index in [2.05, 4.69) is 5.32 Å². The van der Waals surface area contributed by atoms with E-state index in [1.54, 1.807) is 12.1 Å². The van der Waals surface area contributed by atoms with Crippen LogP contribution in [0.4, 0.5) is 0 Å². The van der Waals surface area contributed by atoms with Crippen LogP contribution in [0.5, 0.6) is 0 Å². The maximum absolute atomic E-state index is 13.4. The molecule has 34 heavy (non-hydrogen) atoms. The van der Waals surface area contributed by atoms with E-state index in [1.807, 2.05) is 42.5 Å². The number of amides is 1. The molecule has 0 bridgehead atoms. The molecule has 1 N–H and O–H groups in total. The Hall–Kier alpha value is -2.97. The van der Waals surface area contributed by atoms with E-state index in [1.165, 1.54) is 20.6 Å². The van der Waals surface area contributed by atoms with Gasteiger partial charge in [0.1, 0.15) is 0 Å². The predicted molar refractivity (Wildman–Crippen MR) is 129 cm³/mol. The first kappa shape index (κ1) is 24.2. The van der Waals surface area contributed by atoms with Crippen LogP contribution >= 0.6 is 0 Å². The lowest BCUT2D eigenvalue weighted by Gasteiger charge is -2.30. The fourth-order valence-electron chi connectivity index (χ4n) is 4.41. The van der Waals surface area contributed by atoms with Gasteiger partial charge in [-0.25, -0.2) is 9.59 Å². The van der Waals surface area contributed by atoms with Gasteiger partial charge in [-0.05, 0) is 41.6 Å². The van der Waals surface area contributed by atoms with Gasteiger partial charge in [0.05, 0.1) is 27.7 Å². The van der Waals surface area contributed by atoms with E-state index in [9.17, 15) is 14.4 Å².